The lowest BCUT2D eigenvalue weighted by atomic mass is 9.97. The zero-order valence-corrected chi connectivity index (χ0v) is 15.7. The molecule has 29 heavy (non-hydrogen) atoms. The normalized spacial score (nSPS) is 11.2. The number of aromatic nitrogens is 1. The number of hydrogen-bond acceptors (Lipinski definition) is 1. The summed E-state index contributed by atoms with van der Waals surface area (Å²) in [6, 6.07) is 28.2. The van der Waals surface area contributed by atoms with Crippen molar-refractivity contribution in [3.8, 4) is 0 Å². The van der Waals surface area contributed by atoms with Crippen molar-refractivity contribution in [1.29, 1.82) is 0 Å². The fraction of sp³-hybridized carbons (Fsp3) is 0.0385. The Balaban J connectivity index is 1.64. The molecule has 0 saturated carbocycles. The zero-order valence-electron chi connectivity index (χ0n) is 15.7. The fourth-order valence-electron chi connectivity index (χ4n) is 3.96. The number of carbonyl (C=O) groups is 1. The lowest BCUT2D eigenvalue weighted by Crippen LogP contribution is -2.02. The first-order valence-electron chi connectivity index (χ1n) is 9.55. The second-order valence-electron chi connectivity index (χ2n) is 7.17. The average Bonchev–Trinajstić information content (AvgIpc) is 3.11. The molecule has 2 nitrogen and oxygen atoms in total. The molecule has 0 bridgehead atoms. The van der Waals surface area contributed by atoms with Crippen molar-refractivity contribution in [2.24, 2.45) is 0 Å². The number of rotatable bonds is 4. The van der Waals surface area contributed by atoms with Gasteiger partial charge in [-0.05, 0) is 34.5 Å². The Hall–Kier alpha value is -3.72. The van der Waals surface area contributed by atoms with E-state index in [0.717, 1.165) is 27.2 Å². The van der Waals surface area contributed by atoms with Gasteiger partial charge < -0.3 is 4.57 Å². The highest BCUT2D eigenvalue weighted by Crippen LogP contribution is 2.28. The van der Waals surface area contributed by atoms with Crippen LogP contribution in [0.1, 0.15) is 21.5 Å². The van der Waals surface area contributed by atoms with Crippen molar-refractivity contribution in [2.45, 2.75) is 6.54 Å². The van der Waals surface area contributed by atoms with Gasteiger partial charge in [-0.3, -0.25) is 4.79 Å². The Bertz CT molecular complexity index is 1360. The third kappa shape index (κ3) is 3.11. The van der Waals surface area contributed by atoms with Crippen LogP contribution in [0, 0.1) is 5.82 Å². The van der Waals surface area contributed by atoms with E-state index in [1.165, 1.54) is 12.1 Å². The summed E-state index contributed by atoms with van der Waals surface area (Å²) in [6.45, 7) is 0.501. The molecule has 0 N–H and O–H groups in total. The van der Waals surface area contributed by atoms with Gasteiger partial charge in [0, 0.05) is 34.8 Å². The molecule has 0 unspecified atom stereocenters. The highest BCUT2D eigenvalue weighted by molar-refractivity contribution is 6.21. The summed E-state index contributed by atoms with van der Waals surface area (Å²) in [5, 5.41) is 2.89. The maximum absolute atomic E-state index is 13.6. The number of benzene rings is 4. The van der Waals surface area contributed by atoms with E-state index in [0.29, 0.717) is 17.7 Å². The highest BCUT2D eigenvalue weighted by atomic mass is 19.1. The molecule has 1 aromatic heterocycles. The molecule has 0 aliphatic carbocycles. The minimum atomic E-state index is -0.258. The summed E-state index contributed by atoms with van der Waals surface area (Å²) >= 11 is 0. The fourth-order valence-corrected chi connectivity index (χ4v) is 3.96. The maximum atomic E-state index is 13.6. The van der Waals surface area contributed by atoms with E-state index in [2.05, 4.69) is 0 Å². The summed E-state index contributed by atoms with van der Waals surface area (Å²) in [5.74, 6) is -0.262. The Morgan fingerprint density at radius 2 is 1.48 bits per heavy atom. The Morgan fingerprint density at radius 3 is 2.34 bits per heavy atom. The van der Waals surface area contributed by atoms with Crippen molar-refractivity contribution in [3.05, 3.63) is 120 Å². The van der Waals surface area contributed by atoms with Crippen LogP contribution < -0.4 is 0 Å². The monoisotopic (exact) mass is 379 g/mol. The highest BCUT2D eigenvalue weighted by Gasteiger charge is 2.18. The van der Waals surface area contributed by atoms with Crippen molar-refractivity contribution < 1.29 is 9.18 Å². The van der Waals surface area contributed by atoms with Crippen LogP contribution in [0.25, 0.3) is 21.7 Å². The Kier molecular flexibility index (Phi) is 4.21. The molecule has 3 heteroatoms. The van der Waals surface area contributed by atoms with E-state index in [1.807, 2.05) is 83.6 Å². The van der Waals surface area contributed by atoms with Gasteiger partial charge in [-0.15, -0.1) is 0 Å². The Morgan fingerprint density at radius 1 is 0.759 bits per heavy atom. The molecule has 0 amide bonds. The molecule has 0 aliphatic heterocycles. The number of halogens is 1. The van der Waals surface area contributed by atoms with E-state index in [-0.39, 0.29) is 11.6 Å². The van der Waals surface area contributed by atoms with Crippen LogP contribution in [0.3, 0.4) is 0 Å². The summed E-state index contributed by atoms with van der Waals surface area (Å²) < 4.78 is 15.6. The number of carbonyl (C=O) groups excluding carboxylic acids is 1. The maximum Gasteiger partial charge on any atom is 0.195 e. The van der Waals surface area contributed by atoms with E-state index >= 15 is 0 Å². The van der Waals surface area contributed by atoms with Gasteiger partial charge in [0.05, 0.1) is 0 Å². The van der Waals surface area contributed by atoms with Crippen LogP contribution in [0.5, 0.6) is 0 Å². The largest absolute Gasteiger partial charge is 0.342 e. The van der Waals surface area contributed by atoms with E-state index in [1.54, 1.807) is 6.07 Å². The van der Waals surface area contributed by atoms with Crippen molar-refractivity contribution in [1.82, 2.24) is 4.57 Å². The molecular formula is C26H18FNO. The summed E-state index contributed by atoms with van der Waals surface area (Å²) in [5.41, 5.74) is 3.17. The number of fused-ring (bicyclic) bond motifs is 2. The summed E-state index contributed by atoms with van der Waals surface area (Å²) in [4.78, 5) is 13.5. The van der Waals surface area contributed by atoms with Gasteiger partial charge in [-0.25, -0.2) is 4.39 Å². The molecule has 0 saturated heterocycles. The van der Waals surface area contributed by atoms with Gasteiger partial charge in [-0.2, -0.15) is 0 Å². The lowest BCUT2D eigenvalue weighted by Gasteiger charge is -2.06. The molecular weight excluding hydrogens is 361 g/mol. The second kappa shape index (κ2) is 7.02. The number of nitrogens with zero attached hydrogens (tertiary/aromatic N) is 1. The topological polar surface area (TPSA) is 22.0 Å². The number of hydrogen-bond donors (Lipinski definition) is 0. The smallest absolute Gasteiger partial charge is 0.195 e. The van der Waals surface area contributed by atoms with Crippen molar-refractivity contribution >= 4 is 27.5 Å². The molecule has 0 atom stereocenters. The van der Waals surface area contributed by atoms with Gasteiger partial charge in [0.15, 0.2) is 5.78 Å². The molecule has 140 valence electrons. The van der Waals surface area contributed by atoms with Gasteiger partial charge in [0.2, 0.25) is 0 Å². The first kappa shape index (κ1) is 17.4. The number of para-hydroxylation sites is 1. The average molecular weight is 379 g/mol. The summed E-state index contributed by atoms with van der Waals surface area (Å²) in [6.07, 6.45) is 1.89. The van der Waals surface area contributed by atoms with Gasteiger partial charge in [0.1, 0.15) is 5.82 Å². The zero-order chi connectivity index (χ0) is 19.8. The Labute approximate surface area is 167 Å². The van der Waals surface area contributed by atoms with Gasteiger partial charge in [-0.1, -0.05) is 72.8 Å². The van der Waals surface area contributed by atoms with Crippen LogP contribution in [-0.2, 0) is 6.54 Å². The van der Waals surface area contributed by atoms with Gasteiger partial charge in [0.25, 0.3) is 0 Å². The van der Waals surface area contributed by atoms with Crippen molar-refractivity contribution in [2.75, 3.05) is 0 Å². The van der Waals surface area contributed by atoms with Crippen LogP contribution in [0.15, 0.2) is 97.2 Å². The third-order valence-electron chi connectivity index (χ3n) is 5.31. The number of ketones is 1. The van der Waals surface area contributed by atoms with E-state index in [9.17, 15) is 9.18 Å². The molecule has 0 aliphatic rings. The van der Waals surface area contributed by atoms with Crippen molar-refractivity contribution in [3.63, 3.8) is 0 Å². The predicted octanol–water partition coefficient (Wildman–Crippen LogP) is 6.21. The molecule has 4 aromatic carbocycles. The first-order chi connectivity index (χ1) is 14.2. The first-order valence-corrected chi connectivity index (χ1v) is 9.55. The molecule has 1 heterocycles. The molecule has 0 radical (unpaired) electrons. The standard InChI is InChI=1S/C26H18FNO/c27-20-10-5-7-18(15-20)16-28-17-24(22-12-3-4-14-25(22)28)26(29)23-13-6-9-19-8-1-2-11-21(19)23/h1-15,17H,16H2. The lowest BCUT2D eigenvalue weighted by molar-refractivity contribution is 0.104. The third-order valence-corrected chi connectivity index (χ3v) is 5.31. The minimum Gasteiger partial charge on any atom is -0.342 e. The predicted molar refractivity (Wildman–Crippen MR) is 115 cm³/mol. The van der Waals surface area contributed by atoms with Crippen LogP contribution in [-0.4, -0.2) is 10.4 Å². The quantitative estimate of drug-likeness (QED) is 0.340. The molecule has 0 spiro atoms. The summed E-state index contributed by atoms with van der Waals surface area (Å²) in [7, 11) is 0. The minimum absolute atomic E-state index is 0.00371. The molecule has 5 aromatic rings. The van der Waals surface area contributed by atoms with Gasteiger partial charge >= 0.3 is 0 Å². The second-order valence-corrected chi connectivity index (χ2v) is 7.17. The van der Waals surface area contributed by atoms with Crippen LogP contribution >= 0.6 is 0 Å². The van der Waals surface area contributed by atoms with Crippen LogP contribution in [0.2, 0.25) is 0 Å². The van der Waals surface area contributed by atoms with Crippen LogP contribution in [0.4, 0.5) is 4.39 Å². The SMILES string of the molecule is O=C(c1cccc2ccccc12)c1cn(Cc2cccc(F)c2)c2ccccc12. The van der Waals surface area contributed by atoms with E-state index in [4.69, 9.17) is 0 Å². The molecule has 5 rings (SSSR count). The van der Waals surface area contributed by atoms with E-state index < -0.39 is 0 Å². The molecule has 0 fully saturated rings.